The van der Waals surface area contributed by atoms with Gasteiger partial charge in [-0.2, -0.15) is 0 Å². The molecule has 2 N–H and O–H groups in total. The van der Waals surface area contributed by atoms with Crippen molar-refractivity contribution in [3.63, 3.8) is 0 Å². The van der Waals surface area contributed by atoms with E-state index in [1.165, 1.54) is 4.90 Å². The smallest absolute Gasteiger partial charge is 0.407 e. The predicted molar refractivity (Wildman–Crippen MR) is 130 cm³/mol. The van der Waals surface area contributed by atoms with Crippen molar-refractivity contribution in [1.82, 2.24) is 10.2 Å². The first-order valence-electron chi connectivity index (χ1n) is 12.1. The van der Waals surface area contributed by atoms with E-state index in [0.29, 0.717) is 6.42 Å². The summed E-state index contributed by atoms with van der Waals surface area (Å²) in [4.78, 5) is 39.4. The summed E-state index contributed by atoms with van der Waals surface area (Å²) in [6.45, 7) is 5.93. The van der Waals surface area contributed by atoms with Crippen LogP contribution in [-0.4, -0.2) is 65.9 Å². The quantitative estimate of drug-likeness (QED) is 0.627. The first-order chi connectivity index (χ1) is 16.8. The van der Waals surface area contributed by atoms with E-state index < -0.39 is 36.2 Å². The van der Waals surface area contributed by atoms with Crippen LogP contribution in [-0.2, 0) is 19.1 Å². The van der Waals surface area contributed by atoms with Crippen LogP contribution in [0.25, 0.3) is 11.1 Å². The molecule has 2 amide bonds. The first-order valence-corrected chi connectivity index (χ1v) is 12.1. The number of nitrogens with zero attached hydrogens (tertiary/aromatic N) is 1. The minimum atomic E-state index is -1.13. The second kappa shape index (κ2) is 10.5. The number of benzene rings is 2. The summed E-state index contributed by atoms with van der Waals surface area (Å²) in [5, 5.41) is 12.4. The van der Waals surface area contributed by atoms with E-state index >= 15 is 0 Å². The van der Waals surface area contributed by atoms with E-state index in [1.54, 1.807) is 6.92 Å². The van der Waals surface area contributed by atoms with Crippen LogP contribution < -0.4 is 5.32 Å². The molecular formula is C27H32N2O6. The Hall–Kier alpha value is -3.39. The average molecular weight is 481 g/mol. The molecule has 0 aromatic heterocycles. The Labute approximate surface area is 205 Å². The molecule has 4 rings (SSSR count). The molecule has 2 aliphatic rings. The van der Waals surface area contributed by atoms with E-state index in [4.69, 9.17) is 9.47 Å². The number of aliphatic carboxylic acids is 1. The number of carboxylic acids is 1. The highest BCUT2D eigenvalue weighted by molar-refractivity contribution is 5.90. The third-order valence-electron chi connectivity index (χ3n) is 7.13. The summed E-state index contributed by atoms with van der Waals surface area (Å²) in [5.74, 6) is -1.87. The lowest BCUT2D eigenvalue weighted by atomic mass is 9.96. The standard InChI is InChI=1S/C27H32N2O6/c1-4-16(2)23(25(30)29-13-14-34-17(3)24(29)26(31)32)28-27(33)35-15-22-20-11-7-5-9-18(20)19-10-6-8-12-21(19)22/h5-12,16-17,22-24H,4,13-15H2,1-3H3,(H,28,33)(H,31,32). The molecule has 0 saturated carbocycles. The van der Waals surface area contributed by atoms with Crippen LogP contribution in [0.15, 0.2) is 48.5 Å². The van der Waals surface area contributed by atoms with Crippen LogP contribution >= 0.6 is 0 Å². The molecular weight excluding hydrogens is 448 g/mol. The van der Waals surface area contributed by atoms with Crippen LogP contribution in [0.1, 0.15) is 44.2 Å². The van der Waals surface area contributed by atoms with Gasteiger partial charge in [0.15, 0.2) is 6.04 Å². The monoisotopic (exact) mass is 480 g/mol. The van der Waals surface area contributed by atoms with Crippen LogP contribution in [0.2, 0.25) is 0 Å². The van der Waals surface area contributed by atoms with Crippen molar-refractivity contribution >= 4 is 18.0 Å². The molecule has 35 heavy (non-hydrogen) atoms. The molecule has 8 nitrogen and oxygen atoms in total. The van der Waals surface area contributed by atoms with Gasteiger partial charge in [-0.05, 0) is 35.1 Å². The van der Waals surface area contributed by atoms with Crippen molar-refractivity contribution in [2.75, 3.05) is 19.8 Å². The molecule has 186 valence electrons. The highest BCUT2D eigenvalue weighted by Gasteiger charge is 2.42. The average Bonchev–Trinajstić information content (AvgIpc) is 3.18. The van der Waals surface area contributed by atoms with Crippen LogP contribution in [0.4, 0.5) is 4.79 Å². The maximum atomic E-state index is 13.4. The van der Waals surface area contributed by atoms with Crippen LogP contribution in [0.5, 0.6) is 0 Å². The fourth-order valence-electron chi connectivity index (χ4n) is 5.03. The third-order valence-corrected chi connectivity index (χ3v) is 7.13. The third kappa shape index (κ3) is 4.89. The number of ether oxygens (including phenoxy) is 2. The van der Waals surface area contributed by atoms with Gasteiger partial charge in [0, 0.05) is 12.5 Å². The van der Waals surface area contributed by atoms with Gasteiger partial charge in [0.25, 0.3) is 0 Å². The number of carbonyl (C=O) groups is 3. The van der Waals surface area contributed by atoms with E-state index in [2.05, 4.69) is 17.4 Å². The topological polar surface area (TPSA) is 105 Å². The Morgan fingerprint density at radius 1 is 1.11 bits per heavy atom. The summed E-state index contributed by atoms with van der Waals surface area (Å²) in [7, 11) is 0. The molecule has 0 radical (unpaired) electrons. The van der Waals surface area contributed by atoms with Gasteiger partial charge < -0.3 is 24.8 Å². The number of carboxylic acid groups (broad SMARTS) is 1. The number of morpholine rings is 1. The Balaban J connectivity index is 1.47. The van der Waals surface area contributed by atoms with Gasteiger partial charge in [0.1, 0.15) is 12.6 Å². The molecule has 4 atom stereocenters. The summed E-state index contributed by atoms with van der Waals surface area (Å²) in [5.41, 5.74) is 4.46. The summed E-state index contributed by atoms with van der Waals surface area (Å²) < 4.78 is 11.1. The first kappa shape index (κ1) is 24.7. The second-order valence-electron chi connectivity index (χ2n) is 9.22. The predicted octanol–water partition coefficient (Wildman–Crippen LogP) is 3.64. The lowest BCUT2D eigenvalue weighted by Crippen LogP contribution is -2.62. The molecule has 1 fully saturated rings. The number of hydrogen-bond acceptors (Lipinski definition) is 5. The summed E-state index contributed by atoms with van der Waals surface area (Å²) in [6.07, 6.45) is -0.714. The maximum absolute atomic E-state index is 13.4. The summed E-state index contributed by atoms with van der Waals surface area (Å²) in [6, 6.07) is 14.1. The van der Waals surface area contributed by atoms with Gasteiger partial charge in [-0.3, -0.25) is 4.79 Å². The van der Waals surface area contributed by atoms with Gasteiger partial charge in [-0.1, -0.05) is 68.8 Å². The van der Waals surface area contributed by atoms with Gasteiger partial charge in [0.2, 0.25) is 5.91 Å². The van der Waals surface area contributed by atoms with Crippen molar-refractivity contribution in [3.8, 4) is 11.1 Å². The van der Waals surface area contributed by atoms with E-state index in [9.17, 15) is 19.5 Å². The molecule has 4 unspecified atom stereocenters. The molecule has 0 bridgehead atoms. The van der Waals surface area contributed by atoms with Crippen LogP contribution in [0, 0.1) is 5.92 Å². The molecule has 8 heteroatoms. The van der Waals surface area contributed by atoms with Gasteiger partial charge in [-0.15, -0.1) is 0 Å². The molecule has 1 heterocycles. The second-order valence-corrected chi connectivity index (χ2v) is 9.22. The molecule has 1 saturated heterocycles. The fourth-order valence-corrected chi connectivity index (χ4v) is 5.03. The highest BCUT2D eigenvalue weighted by atomic mass is 16.5. The van der Waals surface area contributed by atoms with Gasteiger partial charge in [-0.25, -0.2) is 9.59 Å². The van der Waals surface area contributed by atoms with Crippen molar-refractivity contribution < 1.29 is 29.0 Å². The SMILES string of the molecule is CCC(C)C(NC(=O)OCC1c2ccccc2-c2ccccc21)C(=O)N1CCOC(C)C1C(=O)O. The minimum absolute atomic E-state index is 0.0950. The Bertz CT molecular complexity index is 1060. The van der Waals surface area contributed by atoms with Crippen molar-refractivity contribution in [1.29, 1.82) is 0 Å². The zero-order valence-electron chi connectivity index (χ0n) is 20.3. The molecule has 0 spiro atoms. The number of nitrogens with one attached hydrogen (secondary N) is 1. The van der Waals surface area contributed by atoms with E-state index in [1.807, 2.05) is 50.2 Å². The number of hydrogen-bond donors (Lipinski definition) is 2. The number of rotatable bonds is 7. The fraction of sp³-hybridized carbons (Fsp3) is 0.444. The van der Waals surface area contributed by atoms with Gasteiger partial charge in [0.05, 0.1) is 12.7 Å². The van der Waals surface area contributed by atoms with Gasteiger partial charge >= 0.3 is 12.1 Å². The van der Waals surface area contributed by atoms with Crippen LogP contribution in [0.3, 0.4) is 0 Å². The number of alkyl carbamates (subject to hydrolysis) is 1. The largest absolute Gasteiger partial charge is 0.480 e. The molecule has 1 aliphatic heterocycles. The molecule has 2 aromatic carbocycles. The minimum Gasteiger partial charge on any atom is -0.480 e. The normalized spacial score (nSPS) is 20.9. The highest BCUT2D eigenvalue weighted by Crippen LogP contribution is 2.44. The van der Waals surface area contributed by atoms with E-state index in [0.717, 1.165) is 22.3 Å². The van der Waals surface area contributed by atoms with Crippen molar-refractivity contribution in [3.05, 3.63) is 59.7 Å². The summed E-state index contributed by atoms with van der Waals surface area (Å²) >= 11 is 0. The van der Waals surface area contributed by atoms with Crippen molar-refractivity contribution in [2.24, 2.45) is 5.92 Å². The zero-order chi connectivity index (χ0) is 25.1. The lowest BCUT2D eigenvalue weighted by Gasteiger charge is -2.39. The Morgan fingerprint density at radius 3 is 2.29 bits per heavy atom. The number of amides is 2. The van der Waals surface area contributed by atoms with Crippen molar-refractivity contribution in [2.45, 2.75) is 51.3 Å². The Kier molecular flexibility index (Phi) is 7.40. The zero-order valence-corrected chi connectivity index (χ0v) is 20.3. The molecule has 2 aromatic rings. The number of carbonyl (C=O) groups excluding carboxylic acids is 2. The maximum Gasteiger partial charge on any atom is 0.407 e. The van der Waals surface area contributed by atoms with E-state index in [-0.39, 0.29) is 31.6 Å². The number of fused-ring (bicyclic) bond motifs is 3. The molecule has 1 aliphatic carbocycles. The lowest BCUT2D eigenvalue weighted by molar-refractivity contribution is -0.166. The Morgan fingerprint density at radius 2 is 1.71 bits per heavy atom.